The van der Waals surface area contributed by atoms with Gasteiger partial charge in [0.2, 0.25) is 0 Å². The molecule has 4 nitrogen and oxygen atoms in total. The van der Waals surface area contributed by atoms with Crippen LogP contribution >= 0.6 is 0 Å². The second kappa shape index (κ2) is 6.71. The molecule has 2 N–H and O–H groups in total. The molecule has 19 heavy (non-hydrogen) atoms. The van der Waals surface area contributed by atoms with Gasteiger partial charge in [-0.2, -0.15) is 0 Å². The van der Waals surface area contributed by atoms with Crippen molar-refractivity contribution >= 4 is 5.97 Å². The van der Waals surface area contributed by atoms with Gasteiger partial charge in [0, 0.05) is 19.3 Å². The molecule has 2 rings (SSSR count). The van der Waals surface area contributed by atoms with Gasteiger partial charge in [0.25, 0.3) is 0 Å². The first-order chi connectivity index (χ1) is 9.10. The normalized spacial score (nSPS) is 24.1. The fraction of sp³-hybridized carbons (Fsp3) is 0.933. The molecule has 0 aliphatic heterocycles. The van der Waals surface area contributed by atoms with Crippen molar-refractivity contribution in [3.05, 3.63) is 0 Å². The minimum atomic E-state index is -0.826. The van der Waals surface area contributed by atoms with Crippen molar-refractivity contribution in [1.29, 1.82) is 0 Å². The number of hydrogen-bond acceptors (Lipinski definition) is 3. The molecule has 0 heterocycles. The van der Waals surface area contributed by atoms with Crippen LogP contribution < -0.4 is 5.32 Å². The Balaban J connectivity index is 1.65. The molecule has 1 unspecified atom stereocenters. The predicted octanol–water partition coefficient (Wildman–Crippen LogP) is 2.57. The SMILES string of the molecule is CC(CCOCC1CCCCC1)(NC1CC1)C(=O)O. The fourth-order valence-electron chi connectivity index (χ4n) is 2.80. The molecule has 0 aromatic carbocycles. The first kappa shape index (κ1) is 14.8. The third-order valence-electron chi connectivity index (χ3n) is 4.40. The van der Waals surface area contributed by atoms with Gasteiger partial charge >= 0.3 is 5.97 Å². The highest BCUT2D eigenvalue weighted by Crippen LogP contribution is 2.25. The molecule has 2 aliphatic rings. The molecule has 0 aromatic heterocycles. The van der Waals surface area contributed by atoms with E-state index in [1.54, 1.807) is 6.92 Å². The lowest BCUT2D eigenvalue weighted by molar-refractivity contribution is -0.145. The molecular formula is C15H27NO3. The number of nitrogens with one attached hydrogen (secondary N) is 1. The van der Waals surface area contributed by atoms with Gasteiger partial charge in [-0.25, -0.2) is 0 Å². The van der Waals surface area contributed by atoms with Gasteiger partial charge in [-0.05, 0) is 44.9 Å². The maximum absolute atomic E-state index is 11.4. The molecule has 0 radical (unpaired) electrons. The van der Waals surface area contributed by atoms with Crippen LogP contribution in [0.25, 0.3) is 0 Å². The van der Waals surface area contributed by atoms with E-state index in [4.69, 9.17) is 4.74 Å². The molecule has 1 atom stereocenters. The van der Waals surface area contributed by atoms with Crippen LogP contribution in [0.4, 0.5) is 0 Å². The van der Waals surface area contributed by atoms with Crippen LogP contribution in [0, 0.1) is 5.92 Å². The van der Waals surface area contributed by atoms with Crippen molar-refractivity contribution in [3.8, 4) is 0 Å². The van der Waals surface area contributed by atoms with E-state index in [1.165, 1.54) is 32.1 Å². The third-order valence-corrected chi connectivity index (χ3v) is 4.40. The third kappa shape index (κ3) is 4.77. The van der Waals surface area contributed by atoms with Crippen LogP contribution in [0.2, 0.25) is 0 Å². The van der Waals surface area contributed by atoms with Crippen LogP contribution in [0.15, 0.2) is 0 Å². The van der Waals surface area contributed by atoms with Crippen molar-refractivity contribution < 1.29 is 14.6 Å². The monoisotopic (exact) mass is 269 g/mol. The number of carboxylic acid groups (broad SMARTS) is 1. The highest BCUT2D eigenvalue weighted by Gasteiger charge is 2.38. The highest BCUT2D eigenvalue weighted by molar-refractivity contribution is 5.78. The minimum absolute atomic E-state index is 0.402. The fourth-order valence-corrected chi connectivity index (χ4v) is 2.80. The zero-order chi connectivity index (χ0) is 13.7. The van der Waals surface area contributed by atoms with Crippen LogP contribution in [0.3, 0.4) is 0 Å². The molecule has 110 valence electrons. The smallest absolute Gasteiger partial charge is 0.323 e. The van der Waals surface area contributed by atoms with Crippen LogP contribution in [0.1, 0.15) is 58.3 Å². The second-order valence-corrected chi connectivity index (χ2v) is 6.38. The lowest BCUT2D eigenvalue weighted by Crippen LogP contribution is -2.51. The largest absolute Gasteiger partial charge is 0.480 e. The number of carboxylic acids is 1. The summed E-state index contributed by atoms with van der Waals surface area (Å²) in [5.41, 5.74) is -0.826. The molecule has 0 aromatic rings. The van der Waals surface area contributed by atoms with Crippen molar-refractivity contribution in [2.45, 2.75) is 69.9 Å². The Hall–Kier alpha value is -0.610. The number of rotatable bonds is 8. The van der Waals surface area contributed by atoms with Crippen molar-refractivity contribution in [2.24, 2.45) is 5.92 Å². The molecule has 0 bridgehead atoms. The second-order valence-electron chi connectivity index (χ2n) is 6.38. The van der Waals surface area contributed by atoms with Crippen molar-refractivity contribution in [3.63, 3.8) is 0 Å². The number of hydrogen-bond donors (Lipinski definition) is 2. The number of aliphatic carboxylic acids is 1. The molecule has 0 amide bonds. The Morgan fingerprint density at radius 2 is 1.95 bits per heavy atom. The molecule has 0 saturated heterocycles. The van der Waals surface area contributed by atoms with Crippen LogP contribution in [0.5, 0.6) is 0 Å². The summed E-state index contributed by atoms with van der Waals surface area (Å²) >= 11 is 0. The number of ether oxygens (including phenoxy) is 1. The average molecular weight is 269 g/mol. The summed E-state index contributed by atoms with van der Waals surface area (Å²) in [6.07, 6.45) is 9.31. The lowest BCUT2D eigenvalue weighted by Gasteiger charge is -2.27. The number of carbonyl (C=O) groups is 1. The topological polar surface area (TPSA) is 58.6 Å². The Bertz CT molecular complexity index is 298. The first-order valence-electron chi connectivity index (χ1n) is 7.69. The standard InChI is InChI=1S/C15H27NO3/c1-15(14(17)18,16-13-7-8-13)9-10-19-11-12-5-3-2-4-6-12/h12-13,16H,2-11H2,1H3,(H,17,18). The summed E-state index contributed by atoms with van der Waals surface area (Å²) in [6, 6.07) is 0.402. The van der Waals surface area contributed by atoms with Crippen LogP contribution in [-0.4, -0.2) is 35.9 Å². The van der Waals surface area contributed by atoms with Gasteiger partial charge in [0.15, 0.2) is 0 Å². The Morgan fingerprint density at radius 1 is 1.26 bits per heavy atom. The first-order valence-corrected chi connectivity index (χ1v) is 7.69. The highest BCUT2D eigenvalue weighted by atomic mass is 16.5. The summed E-state index contributed by atoms with van der Waals surface area (Å²) in [7, 11) is 0. The summed E-state index contributed by atoms with van der Waals surface area (Å²) in [4.78, 5) is 11.4. The maximum atomic E-state index is 11.4. The van der Waals surface area contributed by atoms with E-state index < -0.39 is 11.5 Å². The molecular weight excluding hydrogens is 242 g/mol. The van der Waals surface area contributed by atoms with E-state index in [0.29, 0.717) is 25.0 Å². The van der Waals surface area contributed by atoms with Gasteiger partial charge in [0.05, 0.1) is 0 Å². The molecule has 2 aliphatic carbocycles. The maximum Gasteiger partial charge on any atom is 0.323 e. The van der Waals surface area contributed by atoms with E-state index in [9.17, 15) is 9.90 Å². The van der Waals surface area contributed by atoms with Crippen LogP contribution in [-0.2, 0) is 9.53 Å². The Morgan fingerprint density at radius 3 is 2.53 bits per heavy atom. The summed E-state index contributed by atoms with van der Waals surface area (Å²) in [5.74, 6) is -0.0677. The molecule has 4 heteroatoms. The van der Waals surface area contributed by atoms with Crippen molar-refractivity contribution in [2.75, 3.05) is 13.2 Å². The zero-order valence-electron chi connectivity index (χ0n) is 12.0. The van der Waals surface area contributed by atoms with Gasteiger partial charge in [-0.3, -0.25) is 10.1 Å². The van der Waals surface area contributed by atoms with E-state index in [-0.39, 0.29) is 0 Å². The van der Waals surface area contributed by atoms with Crippen molar-refractivity contribution in [1.82, 2.24) is 5.32 Å². The predicted molar refractivity (Wildman–Crippen MR) is 74.2 cm³/mol. The minimum Gasteiger partial charge on any atom is -0.480 e. The van der Waals surface area contributed by atoms with E-state index in [2.05, 4.69) is 5.32 Å². The van der Waals surface area contributed by atoms with Gasteiger partial charge < -0.3 is 9.84 Å². The van der Waals surface area contributed by atoms with E-state index in [1.807, 2.05) is 0 Å². The average Bonchev–Trinajstić information content (AvgIpc) is 3.19. The molecule has 0 spiro atoms. The summed E-state index contributed by atoms with van der Waals surface area (Å²) in [5, 5.41) is 12.6. The molecule has 2 fully saturated rings. The summed E-state index contributed by atoms with van der Waals surface area (Å²) in [6.45, 7) is 3.12. The summed E-state index contributed by atoms with van der Waals surface area (Å²) < 4.78 is 5.72. The van der Waals surface area contributed by atoms with Gasteiger partial charge in [0.1, 0.15) is 5.54 Å². The Labute approximate surface area is 115 Å². The lowest BCUT2D eigenvalue weighted by atomic mass is 9.90. The molecule has 2 saturated carbocycles. The van der Waals surface area contributed by atoms with E-state index >= 15 is 0 Å². The quantitative estimate of drug-likeness (QED) is 0.665. The van der Waals surface area contributed by atoms with Gasteiger partial charge in [-0.1, -0.05) is 19.3 Å². The van der Waals surface area contributed by atoms with Gasteiger partial charge in [-0.15, -0.1) is 0 Å². The Kier molecular flexibility index (Phi) is 5.22. The zero-order valence-corrected chi connectivity index (χ0v) is 12.0. The van der Waals surface area contributed by atoms with E-state index in [0.717, 1.165) is 19.4 Å².